The van der Waals surface area contributed by atoms with Crippen LogP contribution in [0.1, 0.15) is 18.7 Å². The van der Waals surface area contributed by atoms with E-state index in [-0.39, 0.29) is 17.7 Å². The van der Waals surface area contributed by atoms with Crippen LogP contribution in [0.15, 0.2) is 40.9 Å². The van der Waals surface area contributed by atoms with Gasteiger partial charge >= 0.3 is 0 Å². The Morgan fingerprint density at radius 2 is 2.09 bits per heavy atom. The lowest BCUT2D eigenvalue weighted by Gasteiger charge is -2.15. The monoisotopic (exact) mass is 313 g/mol. The number of likely N-dealkylation sites (tertiary alicyclic amines) is 1. The van der Waals surface area contributed by atoms with Gasteiger partial charge in [-0.1, -0.05) is 30.3 Å². The van der Waals surface area contributed by atoms with Crippen molar-refractivity contribution in [3.8, 4) is 11.3 Å². The number of carbonyl (C=O) groups is 2. The van der Waals surface area contributed by atoms with E-state index in [0.29, 0.717) is 44.0 Å². The van der Waals surface area contributed by atoms with Crippen molar-refractivity contribution in [2.45, 2.75) is 19.3 Å². The molecule has 2 N–H and O–H groups in total. The molecule has 6 heteroatoms. The van der Waals surface area contributed by atoms with Crippen molar-refractivity contribution >= 4 is 11.8 Å². The molecule has 1 fully saturated rings. The minimum Gasteiger partial charge on any atom is -0.441 e. The molecule has 0 radical (unpaired) electrons. The van der Waals surface area contributed by atoms with Crippen LogP contribution in [-0.2, 0) is 16.0 Å². The first-order valence-corrected chi connectivity index (χ1v) is 7.70. The van der Waals surface area contributed by atoms with E-state index in [2.05, 4.69) is 4.98 Å². The van der Waals surface area contributed by atoms with Crippen molar-refractivity contribution in [3.63, 3.8) is 0 Å². The van der Waals surface area contributed by atoms with Gasteiger partial charge in [-0.25, -0.2) is 4.98 Å². The number of nitrogens with zero attached hydrogens (tertiary/aromatic N) is 2. The van der Waals surface area contributed by atoms with E-state index in [4.69, 9.17) is 10.2 Å². The number of oxazole rings is 1. The van der Waals surface area contributed by atoms with Crippen molar-refractivity contribution < 1.29 is 14.0 Å². The third-order valence-corrected chi connectivity index (χ3v) is 4.11. The van der Waals surface area contributed by atoms with Crippen LogP contribution in [0.3, 0.4) is 0 Å². The summed E-state index contributed by atoms with van der Waals surface area (Å²) < 4.78 is 5.69. The summed E-state index contributed by atoms with van der Waals surface area (Å²) in [5.41, 5.74) is 6.24. The quantitative estimate of drug-likeness (QED) is 0.908. The number of benzene rings is 1. The van der Waals surface area contributed by atoms with E-state index in [1.165, 1.54) is 0 Å². The highest BCUT2D eigenvalue weighted by molar-refractivity contribution is 5.81. The number of aromatic nitrogens is 1. The fourth-order valence-electron chi connectivity index (χ4n) is 2.75. The van der Waals surface area contributed by atoms with Crippen molar-refractivity contribution in [3.05, 3.63) is 42.4 Å². The number of nitrogens with two attached hydrogens (primary N) is 1. The van der Waals surface area contributed by atoms with Gasteiger partial charge in [0.15, 0.2) is 11.7 Å². The molecule has 0 saturated carbocycles. The van der Waals surface area contributed by atoms with Crippen LogP contribution in [-0.4, -0.2) is 34.8 Å². The predicted octanol–water partition coefficient (Wildman–Crippen LogP) is 1.61. The third kappa shape index (κ3) is 3.59. The van der Waals surface area contributed by atoms with Gasteiger partial charge in [-0.15, -0.1) is 0 Å². The number of primary amides is 1. The Labute approximate surface area is 134 Å². The van der Waals surface area contributed by atoms with E-state index in [1.54, 1.807) is 11.1 Å². The van der Waals surface area contributed by atoms with Crippen molar-refractivity contribution in [1.29, 1.82) is 0 Å². The van der Waals surface area contributed by atoms with Crippen LogP contribution in [0.25, 0.3) is 11.3 Å². The fraction of sp³-hybridized carbons (Fsp3) is 0.353. The summed E-state index contributed by atoms with van der Waals surface area (Å²) in [6.45, 7) is 1.02. The SMILES string of the molecule is NC(=O)C1CCN(C(=O)CCc2ncc(-c3ccccc3)o2)C1. The van der Waals surface area contributed by atoms with Crippen LogP contribution in [0.4, 0.5) is 0 Å². The van der Waals surface area contributed by atoms with Crippen LogP contribution in [0.5, 0.6) is 0 Å². The number of rotatable bonds is 5. The molecule has 1 aromatic heterocycles. The second-order valence-corrected chi connectivity index (χ2v) is 5.71. The lowest BCUT2D eigenvalue weighted by Crippen LogP contribution is -2.31. The Morgan fingerprint density at radius 3 is 2.78 bits per heavy atom. The van der Waals surface area contributed by atoms with E-state index in [0.717, 1.165) is 5.56 Å². The first-order valence-electron chi connectivity index (χ1n) is 7.70. The van der Waals surface area contributed by atoms with Gasteiger partial charge in [-0.05, 0) is 6.42 Å². The Hall–Kier alpha value is -2.63. The Kier molecular flexibility index (Phi) is 4.41. The van der Waals surface area contributed by atoms with Crippen LogP contribution < -0.4 is 5.73 Å². The number of amides is 2. The van der Waals surface area contributed by atoms with Crippen molar-refractivity contribution in [1.82, 2.24) is 9.88 Å². The lowest BCUT2D eigenvalue weighted by atomic mass is 10.1. The van der Waals surface area contributed by atoms with Crippen molar-refractivity contribution in [2.24, 2.45) is 11.7 Å². The Morgan fingerprint density at radius 1 is 1.30 bits per heavy atom. The van der Waals surface area contributed by atoms with E-state index >= 15 is 0 Å². The van der Waals surface area contributed by atoms with Gasteiger partial charge in [-0.3, -0.25) is 9.59 Å². The van der Waals surface area contributed by atoms with E-state index in [9.17, 15) is 9.59 Å². The molecule has 6 nitrogen and oxygen atoms in total. The van der Waals surface area contributed by atoms with Gasteiger partial charge in [0, 0.05) is 31.5 Å². The largest absolute Gasteiger partial charge is 0.441 e. The maximum absolute atomic E-state index is 12.2. The minimum absolute atomic E-state index is 0.00760. The first kappa shape index (κ1) is 15.3. The first-order chi connectivity index (χ1) is 11.1. The maximum Gasteiger partial charge on any atom is 0.223 e. The average Bonchev–Trinajstić information content (AvgIpc) is 3.23. The maximum atomic E-state index is 12.2. The normalized spacial score (nSPS) is 17.4. The molecule has 2 amide bonds. The summed E-state index contributed by atoms with van der Waals surface area (Å²) in [7, 11) is 0. The molecular weight excluding hydrogens is 294 g/mol. The molecule has 1 aliphatic rings. The zero-order chi connectivity index (χ0) is 16.2. The van der Waals surface area contributed by atoms with Gasteiger partial charge in [0.1, 0.15) is 0 Å². The Bertz CT molecular complexity index is 696. The number of aryl methyl sites for hydroxylation is 1. The fourth-order valence-corrected chi connectivity index (χ4v) is 2.75. The highest BCUT2D eigenvalue weighted by atomic mass is 16.4. The van der Waals surface area contributed by atoms with Gasteiger partial charge in [0.2, 0.25) is 11.8 Å². The third-order valence-electron chi connectivity index (χ3n) is 4.11. The number of carbonyl (C=O) groups excluding carboxylic acids is 2. The highest BCUT2D eigenvalue weighted by Gasteiger charge is 2.29. The summed E-state index contributed by atoms with van der Waals surface area (Å²) >= 11 is 0. The standard InChI is InChI=1S/C17H19N3O3/c18-17(22)13-8-9-20(11-13)16(21)7-6-15-19-10-14(23-15)12-4-2-1-3-5-12/h1-5,10,13H,6-9,11H2,(H2,18,22). The second-order valence-electron chi connectivity index (χ2n) is 5.71. The summed E-state index contributed by atoms with van der Waals surface area (Å²) in [5.74, 6) is 0.699. The molecular formula is C17H19N3O3. The van der Waals surface area contributed by atoms with Crippen LogP contribution >= 0.6 is 0 Å². The van der Waals surface area contributed by atoms with Gasteiger partial charge in [0.25, 0.3) is 0 Å². The minimum atomic E-state index is -0.333. The molecule has 23 heavy (non-hydrogen) atoms. The molecule has 3 rings (SSSR count). The molecule has 0 aliphatic carbocycles. The zero-order valence-electron chi connectivity index (χ0n) is 12.8. The van der Waals surface area contributed by atoms with Crippen LogP contribution in [0, 0.1) is 5.92 Å². The molecule has 1 aromatic carbocycles. The molecule has 1 unspecified atom stereocenters. The number of hydrogen-bond donors (Lipinski definition) is 1. The molecule has 2 heterocycles. The summed E-state index contributed by atoms with van der Waals surface area (Å²) in [5, 5.41) is 0. The van der Waals surface area contributed by atoms with Crippen LogP contribution in [0.2, 0.25) is 0 Å². The molecule has 1 atom stereocenters. The summed E-state index contributed by atoms with van der Waals surface area (Å²) in [6, 6.07) is 9.70. The topological polar surface area (TPSA) is 89.4 Å². The smallest absolute Gasteiger partial charge is 0.223 e. The second kappa shape index (κ2) is 6.64. The van der Waals surface area contributed by atoms with Gasteiger partial charge in [-0.2, -0.15) is 0 Å². The number of hydrogen-bond acceptors (Lipinski definition) is 4. The molecule has 120 valence electrons. The summed E-state index contributed by atoms with van der Waals surface area (Å²) in [6.07, 6.45) is 3.09. The molecule has 1 saturated heterocycles. The van der Waals surface area contributed by atoms with E-state index < -0.39 is 0 Å². The van der Waals surface area contributed by atoms with Crippen molar-refractivity contribution in [2.75, 3.05) is 13.1 Å². The average molecular weight is 313 g/mol. The van der Waals surface area contributed by atoms with Gasteiger partial charge < -0.3 is 15.1 Å². The van der Waals surface area contributed by atoms with Gasteiger partial charge in [0.05, 0.1) is 12.1 Å². The summed E-state index contributed by atoms with van der Waals surface area (Å²) in [4.78, 5) is 29.2. The zero-order valence-corrected chi connectivity index (χ0v) is 12.8. The highest BCUT2D eigenvalue weighted by Crippen LogP contribution is 2.21. The lowest BCUT2D eigenvalue weighted by molar-refractivity contribution is -0.130. The van der Waals surface area contributed by atoms with E-state index in [1.807, 2.05) is 30.3 Å². The Balaban J connectivity index is 1.54. The molecule has 0 bridgehead atoms. The molecule has 2 aromatic rings. The predicted molar refractivity (Wildman–Crippen MR) is 84.1 cm³/mol. The molecule has 1 aliphatic heterocycles. The molecule has 0 spiro atoms.